The summed E-state index contributed by atoms with van der Waals surface area (Å²) in [4.78, 5) is 11.9. The summed E-state index contributed by atoms with van der Waals surface area (Å²) in [7, 11) is 0. The monoisotopic (exact) mass is 285 g/mol. The second-order valence-electron chi connectivity index (χ2n) is 5.32. The number of hydrogen-bond donors (Lipinski definition) is 0. The first-order valence-corrected chi connectivity index (χ1v) is 7.26. The van der Waals surface area contributed by atoms with E-state index >= 15 is 0 Å². The van der Waals surface area contributed by atoms with Gasteiger partial charge in [-0.1, -0.05) is 17.7 Å². The minimum Gasteiger partial charge on any atom is -0.488 e. The van der Waals surface area contributed by atoms with Crippen LogP contribution in [0.25, 0.3) is 0 Å². The summed E-state index contributed by atoms with van der Waals surface area (Å²) in [6.45, 7) is 4.92. The normalized spacial score (nSPS) is 16.4. The number of rotatable bonds is 4. The average Bonchev–Trinajstić information content (AvgIpc) is 3.05. The Bertz CT molecular complexity index is 660. The Labute approximate surface area is 124 Å². The van der Waals surface area contributed by atoms with E-state index in [2.05, 4.69) is 19.1 Å². The van der Waals surface area contributed by atoms with Crippen molar-refractivity contribution in [3.63, 3.8) is 0 Å². The van der Waals surface area contributed by atoms with E-state index in [4.69, 9.17) is 9.47 Å². The van der Waals surface area contributed by atoms with Crippen LogP contribution in [0.1, 0.15) is 28.5 Å². The van der Waals surface area contributed by atoms with E-state index in [-0.39, 0.29) is 12.1 Å². The van der Waals surface area contributed by atoms with Crippen molar-refractivity contribution < 1.29 is 14.3 Å². The molecule has 110 valence electrons. The maximum atomic E-state index is 11.9. The molecule has 2 heterocycles. The van der Waals surface area contributed by atoms with Crippen LogP contribution >= 0.6 is 0 Å². The summed E-state index contributed by atoms with van der Waals surface area (Å²) < 4.78 is 12.9. The quantitative estimate of drug-likeness (QED) is 0.811. The molecular formula is C17H19NO3. The lowest BCUT2D eigenvalue weighted by Crippen LogP contribution is -2.23. The topological polar surface area (TPSA) is 40.5 Å². The van der Waals surface area contributed by atoms with Gasteiger partial charge in [0.15, 0.2) is 0 Å². The lowest BCUT2D eigenvalue weighted by Gasteiger charge is -2.14. The highest BCUT2D eigenvalue weighted by Gasteiger charge is 2.24. The van der Waals surface area contributed by atoms with Crippen molar-refractivity contribution in [3.8, 4) is 5.75 Å². The Morgan fingerprint density at radius 1 is 1.43 bits per heavy atom. The minimum atomic E-state index is -0.283. The van der Waals surface area contributed by atoms with Gasteiger partial charge in [-0.25, -0.2) is 4.79 Å². The fourth-order valence-electron chi connectivity index (χ4n) is 2.73. The van der Waals surface area contributed by atoms with E-state index in [1.54, 1.807) is 6.07 Å². The SMILES string of the molecule is CCOC(=O)c1cccn1CC1Cc2cc(C)ccc2O1. The van der Waals surface area contributed by atoms with E-state index in [0.717, 1.165) is 12.2 Å². The number of fused-ring (bicyclic) bond motifs is 1. The summed E-state index contributed by atoms with van der Waals surface area (Å²) in [6.07, 6.45) is 2.82. The van der Waals surface area contributed by atoms with Crippen LogP contribution in [0.4, 0.5) is 0 Å². The third kappa shape index (κ3) is 2.79. The van der Waals surface area contributed by atoms with Crippen LogP contribution in [-0.2, 0) is 17.7 Å². The lowest BCUT2D eigenvalue weighted by atomic mass is 10.1. The van der Waals surface area contributed by atoms with Gasteiger partial charge in [-0.2, -0.15) is 0 Å². The third-order valence-electron chi connectivity index (χ3n) is 3.67. The molecule has 4 heteroatoms. The summed E-state index contributed by atoms with van der Waals surface area (Å²) in [5.41, 5.74) is 3.06. The fraction of sp³-hybridized carbons (Fsp3) is 0.353. The maximum absolute atomic E-state index is 11.9. The molecule has 1 atom stereocenters. The standard InChI is InChI=1S/C17H19NO3/c1-3-20-17(19)15-5-4-8-18(15)11-14-10-13-9-12(2)6-7-16(13)21-14/h4-9,14H,3,10-11H2,1-2H3. The predicted octanol–water partition coefficient (Wildman–Crippen LogP) is 2.98. The molecule has 1 aliphatic rings. The van der Waals surface area contributed by atoms with Gasteiger partial charge >= 0.3 is 5.97 Å². The van der Waals surface area contributed by atoms with Crippen LogP contribution in [-0.4, -0.2) is 23.2 Å². The summed E-state index contributed by atoms with van der Waals surface area (Å²) in [5, 5.41) is 0. The van der Waals surface area contributed by atoms with E-state index in [1.165, 1.54) is 11.1 Å². The number of benzene rings is 1. The van der Waals surface area contributed by atoms with Gasteiger partial charge in [0.1, 0.15) is 17.5 Å². The summed E-state index contributed by atoms with van der Waals surface area (Å²) in [5.74, 6) is 0.671. The van der Waals surface area contributed by atoms with Gasteiger partial charge in [-0.3, -0.25) is 0 Å². The summed E-state index contributed by atoms with van der Waals surface area (Å²) >= 11 is 0. The van der Waals surface area contributed by atoms with Gasteiger partial charge in [0.25, 0.3) is 0 Å². The van der Waals surface area contributed by atoms with E-state index in [9.17, 15) is 4.79 Å². The number of hydrogen-bond acceptors (Lipinski definition) is 3. The molecule has 0 bridgehead atoms. The number of nitrogens with zero attached hydrogens (tertiary/aromatic N) is 1. The van der Waals surface area contributed by atoms with Gasteiger partial charge in [0.05, 0.1) is 13.2 Å². The fourth-order valence-corrected chi connectivity index (χ4v) is 2.73. The molecule has 1 aromatic carbocycles. The Morgan fingerprint density at radius 2 is 2.29 bits per heavy atom. The molecule has 4 nitrogen and oxygen atoms in total. The van der Waals surface area contributed by atoms with Crippen LogP contribution < -0.4 is 4.74 Å². The first-order chi connectivity index (χ1) is 10.2. The molecule has 1 unspecified atom stereocenters. The molecule has 1 aliphatic heterocycles. The van der Waals surface area contributed by atoms with Crippen LogP contribution in [0.5, 0.6) is 5.75 Å². The minimum absolute atomic E-state index is 0.0578. The highest BCUT2D eigenvalue weighted by Crippen LogP contribution is 2.30. The van der Waals surface area contributed by atoms with Crippen molar-refractivity contribution >= 4 is 5.97 Å². The lowest BCUT2D eigenvalue weighted by molar-refractivity contribution is 0.0511. The third-order valence-corrected chi connectivity index (χ3v) is 3.67. The second-order valence-corrected chi connectivity index (χ2v) is 5.32. The number of carbonyl (C=O) groups excluding carboxylic acids is 1. The predicted molar refractivity (Wildman–Crippen MR) is 79.7 cm³/mol. The zero-order chi connectivity index (χ0) is 14.8. The van der Waals surface area contributed by atoms with Gasteiger partial charge in [-0.15, -0.1) is 0 Å². The molecular weight excluding hydrogens is 266 g/mol. The molecule has 21 heavy (non-hydrogen) atoms. The maximum Gasteiger partial charge on any atom is 0.354 e. The summed E-state index contributed by atoms with van der Waals surface area (Å²) in [6, 6.07) is 9.88. The Balaban J connectivity index is 1.72. The molecule has 0 fully saturated rings. The molecule has 0 N–H and O–H groups in total. The van der Waals surface area contributed by atoms with E-state index < -0.39 is 0 Å². The van der Waals surface area contributed by atoms with Crippen molar-refractivity contribution in [1.29, 1.82) is 0 Å². The van der Waals surface area contributed by atoms with Crippen molar-refractivity contribution in [2.45, 2.75) is 32.9 Å². The molecule has 2 aromatic rings. The first-order valence-electron chi connectivity index (χ1n) is 7.26. The molecule has 0 saturated heterocycles. The zero-order valence-corrected chi connectivity index (χ0v) is 12.3. The smallest absolute Gasteiger partial charge is 0.354 e. The van der Waals surface area contributed by atoms with Gasteiger partial charge in [-0.05, 0) is 37.6 Å². The largest absolute Gasteiger partial charge is 0.488 e. The highest BCUT2D eigenvalue weighted by molar-refractivity contribution is 5.87. The van der Waals surface area contributed by atoms with Crippen LogP contribution in [0.3, 0.4) is 0 Å². The first kappa shape index (κ1) is 13.7. The molecule has 0 spiro atoms. The number of ether oxygens (including phenoxy) is 2. The molecule has 0 radical (unpaired) electrons. The number of aromatic nitrogens is 1. The van der Waals surface area contributed by atoms with Gasteiger partial charge in [0.2, 0.25) is 0 Å². The molecule has 3 rings (SSSR count). The van der Waals surface area contributed by atoms with Crippen LogP contribution in [0.2, 0.25) is 0 Å². The Hall–Kier alpha value is -2.23. The Morgan fingerprint density at radius 3 is 3.10 bits per heavy atom. The van der Waals surface area contributed by atoms with Gasteiger partial charge < -0.3 is 14.0 Å². The van der Waals surface area contributed by atoms with Crippen molar-refractivity contribution in [2.75, 3.05) is 6.61 Å². The van der Waals surface area contributed by atoms with Gasteiger partial charge in [0, 0.05) is 12.6 Å². The number of esters is 1. The number of carbonyl (C=O) groups is 1. The molecule has 0 aliphatic carbocycles. The Kier molecular flexibility index (Phi) is 3.69. The average molecular weight is 285 g/mol. The molecule has 0 saturated carbocycles. The zero-order valence-electron chi connectivity index (χ0n) is 12.3. The van der Waals surface area contributed by atoms with Crippen molar-refractivity contribution in [3.05, 3.63) is 53.3 Å². The van der Waals surface area contributed by atoms with Crippen LogP contribution in [0.15, 0.2) is 36.5 Å². The highest BCUT2D eigenvalue weighted by atomic mass is 16.5. The van der Waals surface area contributed by atoms with Crippen molar-refractivity contribution in [2.24, 2.45) is 0 Å². The molecule has 0 amide bonds. The van der Waals surface area contributed by atoms with Crippen molar-refractivity contribution in [1.82, 2.24) is 4.57 Å². The van der Waals surface area contributed by atoms with Crippen LogP contribution in [0, 0.1) is 6.92 Å². The second kappa shape index (κ2) is 5.64. The van der Waals surface area contributed by atoms with E-state index in [0.29, 0.717) is 18.8 Å². The van der Waals surface area contributed by atoms with E-state index in [1.807, 2.05) is 29.8 Å². The molecule has 1 aromatic heterocycles. The number of aryl methyl sites for hydroxylation is 1.